The Morgan fingerprint density at radius 3 is 2.94 bits per heavy atom. The number of hydrogen-bond acceptors (Lipinski definition) is 5. The molecule has 0 saturated carbocycles. The van der Waals surface area contributed by atoms with Gasteiger partial charge in [0.25, 0.3) is 0 Å². The zero-order valence-electron chi connectivity index (χ0n) is 8.70. The molecule has 3 N–H and O–H groups in total. The van der Waals surface area contributed by atoms with Crippen LogP contribution in [0.3, 0.4) is 0 Å². The SMILES string of the molecule is Cc1noc(CNc2ccc(N)cc2F)n1. The number of halogens is 1. The Hall–Kier alpha value is -2.11. The molecular weight excluding hydrogens is 211 g/mol. The molecule has 0 atom stereocenters. The van der Waals surface area contributed by atoms with Gasteiger partial charge in [-0.2, -0.15) is 4.98 Å². The highest BCUT2D eigenvalue weighted by Gasteiger charge is 2.05. The van der Waals surface area contributed by atoms with E-state index < -0.39 is 5.82 Å². The van der Waals surface area contributed by atoms with Crippen molar-refractivity contribution in [3.63, 3.8) is 0 Å². The van der Waals surface area contributed by atoms with Gasteiger partial charge in [-0.3, -0.25) is 0 Å². The van der Waals surface area contributed by atoms with E-state index >= 15 is 0 Å². The highest BCUT2D eigenvalue weighted by Crippen LogP contribution is 2.17. The van der Waals surface area contributed by atoms with Crippen LogP contribution in [-0.4, -0.2) is 10.1 Å². The predicted molar refractivity (Wildman–Crippen MR) is 57.2 cm³/mol. The number of benzene rings is 1. The molecule has 1 aromatic heterocycles. The van der Waals surface area contributed by atoms with Gasteiger partial charge in [-0.25, -0.2) is 4.39 Å². The molecule has 0 aliphatic rings. The fourth-order valence-electron chi connectivity index (χ4n) is 1.26. The van der Waals surface area contributed by atoms with Crippen LogP contribution >= 0.6 is 0 Å². The highest BCUT2D eigenvalue weighted by molar-refractivity contribution is 5.52. The van der Waals surface area contributed by atoms with Gasteiger partial charge in [-0.15, -0.1) is 0 Å². The van der Waals surface area contributed by atoms with E-state index in [2.05, 4.69) is 15.5 Å². The number of hydrogen-bond donors (Lipinski definition) is 2. The Bertz CT molecular complexity index is 497. The fourth-order valence-corrected chi connectivity index (χ4v) is 1.26. The fraction of sp³-hybridized carbons (Fsp3) is 0.200. The van der Waals surface area contributed by atoms with Gasteiger partial charge >= 0.3 is 0 Å². The van der Waals surface area contributed by atoms with E-state index in [9.17, 15) is 4.39 Å². The Morgan fingerprint density at radius 2 is 2.31 bits per heavy atom. The molecule has 0 radical (unpaired) electrons. The maximum atomic E-state index is 13.3. The van der Waals surface area contributed by atoms with Crippen molar-refractivity contribution >= 4 is 11.4 Å². The van der Waals surface area contributed by atoms with Crippen LogP contribution in [0.1, 0.15) is 11.7 Å². The summed E-state index contributed by atoms with van der Waals surface area (Å²) in [5.41, 5.74) is 6.17. The molecule has 0 aliphatic carbocycles. The minimum absolute atomic E-state index is 0.279. The first-order chi connectivity index (χ1) is 7.65. The van der Waals surface area contributed by atoms with E-state index in [-0.39, 0.29) is 6.54 Å². The largest absolute Gasteiger partial charge is 0.399 e. The molecule has 0 aliphatic heterocycles. The zero-order valence-corrected chi connectivity index (χ0v) is 8.70. The quantitative estimate of drug-likeness (QED) is 0.773. The van der Waals surface area contributed by atoms with Gasteiger partial charge < -0.3 is 15.6 Å². The Kier molecular flexibility index (Phi) is 2.72. The zero-order chi connectivity index (χ0) is 11.5. The lowest BCUT2D eigenvalue weighted by Gasteiger charge is -2.05. The minimum Gasteiger partial charge on any atom is -0.399 e. The van der Waals surface area contributed by atoms with E-state index in [1.807, 2.05) is 0 Å². The van der Waals surface area contributed by atoms with Crippen molar-refractivity contribution < 1.29 is 8.91 Å². The number of nitrogen functional groups attached to an aromatic ring is 1. The molecule has 16 heavy (non-hydrogen) atoms. The van der Waals surface area contributed by atoms with Crippen molar-refractivity contribution in [2.75, 3.05) is 11.1 Å². The normalized spacial score (nSPS) is 10.4. The number of aromatic nitrogens is 2. The molecule has 2 rings (SSSR count). The van der Waals surface area contributed by atoms with Crippen molar-refractivity contribution in [3.05, 3.63) is 35.7 Å². The van der Waals surface area contributed by atoms with Gasteiger partial charge in [-0.05, 0) is 25.1 Å². The Morgan fingerprint density at radius 1 is 1.50 bits per heavy atom. The third-order valence-electron chi connectivity index (χ3n) is 1.99. The highest BCUT2D eigenvalue weighted by atomic mass is 19.1. The van der Waals surface area contributed by atoms with Crippen LogP contribution in [0.4, 0.5) is 15.8 Å². The molecule has 0 unspecified atom stereocenters. The lowest BCUT2D eigenvalue weighted by molar-refractivity contribution is 0.379. The smallest absolute Gasteiger partial charge is 0.245 e. The second-order valence-electron chi connectivity index (χ2n) is 3.33. The third-order valence-corrected chi connectivity index (χ3v) is 1.99. The number of aryl methyl sites for hydroxylation is 1. The summed E-state index contributed by atoms with van der Waals surface area (Å²) in [5.74, 6) is 0.555. The van der Waals surface area contributed by atoms with Gasteiger partial charge in [0.2, 0.25) is 5.89 Å². The standard InChI is InChI=1S/C10H11FN4O/c1-6-14-10(16-15-6)5-13-9-3-2-7(12)4-8(9)11/h2-4,13H,5,12H2,1H3. The molecule has 0 spiro atoms. The summed E-state index contributed by atoms with van der Waals surface area (Å²) in [7, 11) is 0. The van der Waals surface area contributed by atoms with Crippen molar-refractivity contribution in [2.45, 2.75) is 13.5 Å². The molecule has 0 amide bonds. The summed E-state index contributed by atoms with van der Waals surface area (Å²) in [4.78, 5) is 3.99. The first-order valence-electron chi connectivity index (χ1n) is 4.73. The maximum Gasteiger partial charge on any atom is 0.245 e. The third kappa shape index (κ3) is 2.28. The van der Waals surface area contributed by atoms with Crippen LogP contribution in [0.5, 0.6) is 0 Å². The van der Waals surface area contributed by atoms with E-state index in [1.165, 1.54) is 6.07 Å². The first kappa shape index (κ1) is 10.4. The lowest BCUT2D eigenvalue weighted by atomic mass is 10.2. The summed E-state index contributed by atoms with van der Waals surface area (Å²) >= 11 is 0. The number of rotatable bonds is 3. The van der Waals surface area contributed by atoms with Crippen LogP contribution in [0, 0.1) is 12.7 Å². The maximum absolute atomic E-state index is 13.3. The molecule has 0 bridgehead atoms. The molecule has 5 nitrogen and oxygen atoms in total. The molecule has 6 heteroatoms. The Labute approximate surface area is 91.5 Å². The number of nitrogens with two attached hydrogens (primary N) is 1. The van der Waals surface area contributed by atoms with Crippen LogP contribution in [0.15, 0.2) is 22.7 Å². The van der Waals surface area contributed by atoms with Gasteiger partial charge in [0.05, 0.1) is 12.2 Å². The van der Waals surface area contributed by atoms with E-state index in [0.29, 0.717) is 23.1 Å². The summed E-state index contributed by atoms with van der Waals surface area (Å²) in [6.07, 6.45) is 0. The van der Waals surface area contributed by atoms with Gasteiger partial charge in [0, 0.05) is 5.69 Å². The van der Waals surface area contributed by atoms with E-state index in [1.54, 1.807) is 19.1 Å². The molecule has 1 aromatic carbocycles. The molecular formula is C10H11FN4O. The van der Waals surface area contributed by atoms with Crippen molar-refractivity contribution in [1.29, 1.82) is 0 Å². The van der Waals surface area contributed by atoms with Gasteiger partial charge in [0.15, 0.2) is 5.82 Å². The van der Waals surface area contributed by atoms with E-state index in [0.717, 1.165) is 0 Å². The number of nitrogens with zero attached hydrogens (tertiary/aromatic N) is 2. The summed E-state index contributed by atoms with van der Waals surface area (Å²) in [6.45, 7) is 2.00. The summed E-state index contributed by atoms with van der Waals surface area (Å²) in [5, 5.41) is 6.47. The van der Waals surface area contributed by atoms with Crippen LogP contribution < -0.4 is 11.1 Å². The van der Waals surface area contributed by atoms with E-state index in [4.69, 9.17) is 10.3 Å². The second kappa shape index (κ2) is 4.18. The molecule has 1 heterocycles. The molecule has 2 aromatic rings. The summed E-state index contributed by atoms with van der Waals surface area (Å²) in [6, 6.07) is 4.43. The average molecular weight is 222 g/mol. The second-order valence-corrected chi connectivity index (χ2v) is 3.33. The lowest BCUT2D eigenvalue weighted by Crippen LogP contribution is -2.02. The molecule has 0 fully saturated rings. The minimum atomic E-state index is -0.406. The number of nitrogens with one attached hydrogen (secondary N) is 1. The summed E-state index contributed by atoms with van der Waals surface area (Å²) < 4.78 is 18.2. The van der Waals surface area contributed by atoms with Crippen molar-refractivity contribution in [3.8, 4) is 0 Å². The first-order valence-corrected chi connectivity index (χ1v) is 4.73. The monoisotopic (exact) mass is 222 g/mol. The Balaban J connectivity index is 2.04. The topological polar surface area (TPSA) is 77.0 Å². The molecule has 0 saturated heterocycles. The predicted octanol–water partition coefficient (Wildman–Crippen LogP) is 1.71. The van der Waals surface area contributed by atoms with Crippen molar-refractivity contribution in [2.24, 2.45) is 0 Å². The van der Waals surface area contributed by atoms with Crippen LogP contribution in [-0.2, 0) is 6.54 Å². The molecule has 84 valence electrons. The van der Waals surface area contributed by atoms with Crippen LogP contribution in [0.25, 0.3) is 0 Å². The van der Waals surface area contributed by atoms with Crippen LogP contribution in [0.2, 0.25) is 0 Å². The van der Waals surface area contributed by atoms with Crippen molar-refractivity contribution in [1.82, 2.24) is 10.1 Å². The van der Waals surface area contributed by atoms with Gasteiger partial charge in [0.1, 0.15) is 5.82 Å². The van der Waals surface area contributed by atoms with Gasteiger partial charge in [-0.1, -0.05) is 5.16 Å². The average Bonchev–Trinajstić information content (AvgIpc) is 2.63. The number of anilines is 2.